The van der Waals surface area contributed by atoms with Gasteiger partial charge in [-0.3, -0.25) is 0 Å². The van der Waals surface area contributed by atoms with Crippen LogP contribution in [0.25, 0.3) is 0 Å². The first-order chi connectivity index (χ1) is 11.8. The van der Waals surface area contributed by atoms with E-state index in [0.29, 0.717) is 15.6 Å². The van der Waals surface area contributed by atoms with Gasteiger partial charge in [-0.1, -0.05) is 47.5 Å². The Balaban J connectivity index is 1.73. The number of rotatable bonds is 5. The molecule has 6 heteroatoms. The van der Waals surface area contributed by atoms with Gasteiger partial charge in [-0.2, -0.15) is 0 Å². The lowest BCUT2D eigenvalue weighted by Crippen LogP contribution is -2.28. The molecule has 0 heterocycles. The van der Waals surface area contributed by atoms with Crippen LogP contribution in [-0.2, 0) is 28.6 Å². The molecule has 2 aromatic rings. The average Bonchev–Trinajstić information content (AvgIpc) is 2.56. The molecule has 0 unspecified atom stereocenters. The normalized spacial score (nSPS) is 15.6. The average molecular weight is 398 g/mol. The minimum atomic E-state index is -3.52. The summed E-state index contributed by atoms with van der Waals surface area (Å²) < 4.78 is 27.8. The van der Waals surface area contributed by atoms with Crippen molar-refractivity contribution in [3.8, 4) is 0 Å². The topological polar surface area (TPSA) is 46.2 Å². The number of sulfonamides is 1. The minimum absolute atomic E-state index is 0.168. The first kappa shape index (κ1) is 18.7. The van der Waals surface area contributed by atoms with Crippen molar-refractivity contribution in [2.45, 2.75) is 44.4 Å². The van der Waals surface area contributed by atoms with Gasteiger partial charge in [-0.25, -0.2) is 13.1 Å². The van der Waals surface area contributed by atoms with E-state index in [9.17, 15) is 8.42 Å². The highest BCUT2D eigenvalue weighted by Crippen LogP contribution is 2.26. The van der Waals surface area contributed by atoms with Gasteiger partial charge >= 0.3 is 0 Å². The molecule has 0 saturated carbocycles. The predicted octanol–water partition coefficient (Wildman–Crippen LogP) is 5.05. The summed E-state index contributed by atoms with van der Waals surface area (Å²) in [6.45, 7) is 1.87. The zero-order chi connectivity index (χ0) is 18.0. The van der Waals surface area contributed by atoms with E-state index in [1.165, 1.54) is 24.0 Å². The van der Waals surface area contributed by atoms with Crippen LogP contribution in [-0.4, -0.2) is 8.42 Å². The lowest BCUT2D eigenvalue weighted by molar-refractivity contribution is 0.565. The van der Waals surface area contributed by atoms with Crippen molar-refractivity contribution in [3.63, 3.8) is 0 Å². The van der Waals surface area contributed by atoms with Crippen LogP contribution in [0.2, 0.25) is 10.0 Å². The molecule has 0 aliphatic heterocycles. The SMILES string of the molecule is C[C@H](NS(=O)(=O)Cc1ccc(Cl)cc1Cl)c1ccc2c(c1)CCCC2. The second-order valence-electron chi connectivity index (χ2n) is 6.57. The Hall–Kier alpha value is -1.07. The molecule has 0 fully saturated rings. The van der Waals surface area contributed by atoms with Crippen molar-refractivity contribution in [2.24, 2.45) is 0 Å². The molecule has 0 radical (unpaired) electrons. The zero-order valence-corrected chi connectivity index (χ0v) is 16.4. The summed E-state index contributed by atoms with van der Waals surface area (Å²) in [6, 6.07) is 10.8. The van der Waals surface area contributed by atoms with Crippen LogP contribution in [0.4, 0.5) is 0 Å². The van der Waals surface area contributed by atoms with E-state index in [4.69, 9.17) is 23.2 Å². The molecule has 1 N–H and O–H groups in total. The molecule has 0 bridgehead atoms. The molecule has 25 heavy (non-hydrogen) atoms. The second kappa shape index (κ2) is 7.67. The zero-order valence-electron chi connectivity index (χ0n) is 14.1. The van der Waals surface area contributed by atoms with Crippen molar-refractivity contribution in [1.29, 1.82) is 0 Å². The van der Waals surface area contributed by atoms with E-state index in [1.54, 1.807) is 18.2 Å². The summed E-state index contributed by atoms with van der Waals surface area (Å²) >= 11 is 12.0. The molecule has 0 amide bonds. The fraction of sp³-hybridized carbons (Fsp3) is 0.368. The summed E-state index contributed by atoms with van der Waals surface area (Å²) in [7, 11) is -3.52. The van der Waals surface area contributed by atoms with Gasteiger partial charge in [0.25, 0.3) is 0 Å². The number of benzene rings is 2. The van der Waals surface area contributed by atoms with Crippen molar-refractivity contribution in [2.75, 3.05) is 0 Å². The van der Waals surface area contributed by atoms with Crippen LogP contribution in [0, 0.1) is 0 Å². The standard InChI is InChI=1S/C19H21Cl2NO2S/c1-13(15-7-6-14-4-2-3-5-16(14)10-15)22-25(23,24)12-17-8-9-18(20)11-19(17)21/h6-11,13,22H,2-5,12H2,1H3/t13-/m0/s1. The van der Waals surface area contributed by atoms with Crippen molar-refractivity contribution in [3.05, 3.63) is 68.7 Å². The molecule has 0 saturated heterocycles. The fourth-order valence-electron chi connectivity index (χ4n) is 3.25. The molecule has 3 rings (SSSR count). The second-order valence-corrected chi connectivity index (χ2v) is 9.17. The van der Waals surface area contributed by atoms with E-state index >= 15 is 0 Å². The maximum Gasteiger partial charge on any atom is 0.216 e. The molecule has 1 aliphatic carbocycles. The van der Waals surface area contributed by atoms with Gasteiger partial charge in [0.15, 0.2) is 0 Å². The molecular formula is C19H21Cl2NO2S. The Bertz CT molecular complexity index is 881. The number of aryl methyl sites for hydroxylation is 2. The summed E-state index contributed by atoms with van der Waals surface area (Å²) in [5.74, 6) is -0.168. The third kappa shape index (κ3) is 4.76. The van der Waals surface area contributed by atoms with Crippen LogP contribution < -0.4 is 4.72 Å². The highest BCUT2D eigenvalue weighted by molar-refractivity contribution is 7.88. The van der Waals surface area contributed by atoms with Gasteiger partial charge in [-0.15, -0.1) is 0 Å². The van der Waals surface area contributed by atoms with Crippen LogP contribution in [0.3, 0.4) is 0 Å². The van der Waals surface area contributed by atoms with Crippen LogP contribution in [0.5, 0.6) is 0 Å². The number of nitrogens with one attached hydrogen (secondary N) is 1. The molecule has 0 spiro atoms. The van der Waals surface area contributed by atoms with Gasteiger partial charge in [0.05, 0.1) is 5.75 Å². The highest BCUT2D eigenvalue weighted by Gasteiger charge is 2.19. The number of fused-ring (bicyclic) bond motifs is 1. The van der Waals surface area contributed by atoms with Crippen LogP contribution >= 0.6 is 23.2 Å². The Kier molecular flexibility index (Phi) is 5.74. The maximum atomic E-state index is 12.5. The van der Waals surface area contributed by atoms with Crippen molar-refractivity contribution >= 4 is 33.2 Å². The Morgan fingerprint density at radius 2 is 1.76 bits per heavy atom. The highest BCUT2D eigenvalue weighted by atomic mass is 35.5. The fourth-order valence-corrected chi connectivity index (χ4v) is 5.22. The van der Waals surface area contributed by atoms with Crippen LogP contribution in [0.15, 0.2) is 36.4 Å². The maximum absolute atomic E-state index is 12.5. The van der Waals surface area contributed by atoms with Crippen LogP contribution in [0.1, 0.15) is 48.1 Å². The molecular weight excluding hydrogens is 377 g/mol. The quantitative estimate of drug-likeness (QED) is 0.766. The third-order valence-electron chi connectivity index (χ3n) is 4.59. The summed E-state index contributed by atoms with van der Waals surface area (Å²) in [6.07, 6.45) is 4.62. The number of halogens is 2. The van der Waals surface area contributed by atoms with E-state index in [1.807, 2.05) is 13.0 Å². The Morgan fingerprint density at radius 3 is 2.48 bits per heavy atom. The van der Waals surface area contributed by atoms with Crippen molar-refractivity contribution in [1.82, 2.24) is 4.72 Å². The van der Waals surface area contributed by atoms with E-state index in [0.717, 1.165) is 18.4 Å². The summed E-state index contributed by atoms with van der Waals surface area (Å²) in [4.78, 5) is 0. The number of hydrogen-bond acceptors (Lipinski definition) is 2. The lowest BCUT2D eigenvalue weighted by atomic mass is 9.89. The van der Waals surface area contributed by atoms with Gasteiger partial charge in [0.2, 0.25) is 10.0 Å². The first-order valence-corrected chi connectivity index (χ1v) is 10.8. The summed E-state index contributed by atoms with van der Waals surface area (Å²) in [5.41, 5.74) is 4.26. The molecule has 1 atom stereocenters. The van der Waals surface area contributed by atoms with Gasteiger partial charge in [-0.05, 0) is 67.0 Å². The molecule has 0 aromatic heterocycles. The molecule has 134 valence electrons. The summed E-state index contributed by atoms with van der Waals surface area (Å²) in [5, 5.41) is 0.848. The van der Waals surface area contributed by atoms with E-state index in [2.05, 4.69) is 16.9 Å². The Labute approximate surface area is 159 Å². The monoisotopic (exact) mass is 397 g/mol. The van der Waals surface area contributed by atoms with Gasteiger partial charge in [0.1, 0.15) is 0 Å². The largest absolute Gasteiger partial charge is 0.216 e. The van der Waals surface area contributed by atoms with Gasteiger partial charge < -0.3 is 0 Å². The number of hydrogen-bond donors (Lipinski definition) is 1. The predicted molar refractivity (Wildman–Crippen MR) is 104 cm³/mol. The lowest BCUT2D eigenvalue weighted by Gasteiger charge is -2.20. The van der Waals surface area contributed by atoms with E-state index in [-0.39, 0.29) is 11.8 Å². The van der Waals surface area contributed by atoms with Gasteiger partial charge in [0, 0.05) is 16.1 Å². The molecule has 2 aromatic carbocycles. The minimum Gasteiger partial charge on any atom is -0.212 e. The molecule has 3 nitrogen and oxygen atoms in total. The smallest absolute Gasteiger partial charge is 0.212 e. The Morgan fingerprint density at radius 1 is 1.04 bits per heavy atom. The first-order valence-electron chi connectivity index (χ1n) is 8.40. The third-order valence-corrected chi connectivity index (χ3v) is 6.58. The van der Waals surface area contributed by atoms with Crippen molar-refractivity contribution < 1.29 is 8.42 Å². The molecule has 1 aliphatic rings. The van der Waals surface area contributed by atoms with E-state index < -0.39 is 10.0 Å².